The molecule has 0 radical (unpaired) electrons. The molecule has 2 heteroatoms. The van der Waals surface area contributed by atoms with Crippen LogP contribution in [-0.2, 0) is 0 Å². The van der Waals surface area contributed by atoms with Gasteiger partial charge < -0.3 is 10.2 Å². The highest BCUT2D eigenvalue weighted by Crippen LogP contribution is 2.39. The van der Waals surface area contributed by atoms with E-state index in [1.807, 2.05) is 0 Å². The van der Waals surface area contributed by atoms with Crippen molar-refractivity contribution in [2.45, 2.75) is 66.7 Å². The Labute approximate surface area is 134 Å². The van der Waals surface area contributed by atoms with Crippen LogP contribution in [0.25, 0.3) is 0 Å². The lowest BCUT2D eigenvalue weighted by Gasteiger charge is -2.42. The van der Waals surface area contributed by atoms with Crippen LogP contribution >= 0.6 is 0 Å². The van der Waals surface area contributed by atoms with Crippen LogP contribution in [0, 0.1) is 23.2 Å². The van der Waals surface area contributed by atoms with Crippen LogP contribution in [0.4, 0.5) is 0 Å². The molecule has 0 bridgehead atoms. The van der Waals surface area contributed by atoms with Gasteiger partial charge in [-0.2, -0.15) is 0 Å². The van der Waals surface area contributed by atoms with Crippen molar-refractivity contribution in [1.82, 2.24) is 10.2 Å². The van der Waals surface area contributed by atoms with Crippen molar-refractivity contribution >= 4 is 0 Å². The summed E-state index contributed by atoms with van der Waals surface area (Å²) < 4.78 is 0. The molecule has 0 heterocycles. The quantitative estimate of drug-likeness (QED) is 0.678. The van der Waals surface area contributed by atoms with Crippen LogP contribution in [0.3, 0.4) is 0 Å². The molecule has 0 atom stereocenters. The summed E-state index contributed by atoms with van der Waals surface area (Å²) in [6, 6.07) is 0. The molecule has 1 rings (SSSR count). The first-order valence-electron chi connectivity index (χ1n) is 9.22. The van der Waals surface area contributed by atoms with Crippen LogP contribution in [-0.4, -0.2) is 38.1 Å². The zero-order chi connectivity index (χ0) is 15.9. The molecule has 21 heavy (non-hydrogen) atoms. The standard InChI is InChI=1S/C19H40N2/c1-16(2)9-12-21(6)15-19(14-20-13-17(3)4)10-7-18(5)8-11-19/h16-18,20H,7-15H2,1-6H3. The molecule has 0 aromatic rings. The van der Waals surface area contributed by atoms with Crippen molar-refractivity contribution in [3.8, 4) is 0 Å². The molecule has 0 spiro atoms. The molecule has 1 saturated carbocycles. The maximum atomic E-state index is 3.75. The van der Waals surface area contributed by atoms with E-state index in [9.17, 15) is 0 Å². The number of rotatable bonds is 9. The molecule has 0 amide bonds. The average molecular weight is 297 g/mol. The molecule has 0 aromatic heterocycles. The molecule has 0 aliphatic heterocycles. The Bertz CT molecular complexity index is 265. The first-order valence-corrected chi connectivity index (χ1v) is 9.22. The molecule has 1 aliphatic rings. The van der Waals surface area contributed by atoms with E-state index >= 15 is 0 Å². The molecule has 2 nitrogen and oxygen atoms in total. The van der Waals surface area contributed by atoms with E-state index in [4.69, 9.17) is 0 Å². The third-order valence-electron chi connectivity index (χ3n) is 5.08. The minimum absolute atomic E-state index is 0.521. The average Bonchev–Trinajstić information content (AvgIpc) is 2.39. The summed E-state index contributed by atoms with van der Waals surface area (Å²) in [5, 5.41) is 3.75. The predicted molar refractivity (Wildman–Crippen MR) is 94.7 cm³/mol. The lowest BCUT2D eigenvalue weighted by atomic mass is 9.70. The lowest BCUT2D eigenvalue weighted by Crippen LogP contribution is -2.46. The van der Waals surface area contributed by atoms with Gasteiger partial charge in [-0.25, -0.2) is 0 Å². The van der Waals surface area contributed by atoms with Gasteiger partial charge >= 0.3 is 0 Å². The van der Waals surface area contributed by atoms with Crippen molar-refractivity contribution in [3.05, 3.63) is 0 Å². The normalized spacial score (nSPS) is 27.0. The molecule has 0 saturated heterocycles. The Morgan fingerprint density at radius 3 is 2.24 bits per heavy atom. The van der Waals surface area contributed by atoms with E-state index in [1.54, 1.807) is 0 Å². The third kappa shape index (κ3) is 7.65. The fraction of sp³-hybridized carbons (Fsp3) is 1.00. The maximum absolute atomic E-state index is 3.75. The minimum atomic E-state index is 0.521. The molecular weight excluding hydrogens is 256 g/mol. The van der Waals surface area contributed by atoms with Crippen LogP contribution in [0.1, 0.15) is 66.7 Å². The zero-order valence-corrected chi connectivity index (χ0v) is 15.5. The van der Waals surface area contributed by atoms with Gasteiger partial charge in [0, 0.05) is 13.1 Å². The highest BCUT2D eigenvalue weighted by molar-refractivity contribution is 4.89. The summed E-state index contributed by atoms with van der Waals surface area (Å²) >= 11 is 0. The van der Waals surface area contributed by atoms with Crippen molar-refractivity contribution in [1.29, 1.82) is 0 Å². The molecule has 1 fully saturated rings. The fourth-order valence-electron chi connectivity index (χ4n) is 3.52. The fourth-order valence-corrected chi connectivity index (χ4v) is 3.52. The predicted octanol–water partition coefficient (Wildman–Crippen LogP) is 4.41. The van der Waals surface area contributed by atoms with Crippen molar-refractivity contribution < 1.29 is 0 Å². The summed E-state index contributed by atoms with van der Waals surface area (Å²) in [6.07, 6.45) is 6.97. The molecule has 0 unspecified atom stereocenters. The van der Waals surface area contributed by atoms with Crippen LogP contribution < -0.4 is 5.32 Å². The second kappa shape index (κ2) is 9.15. The molecule has 0 aromatic carbocycles. The van der Waals surface area contributed by atoms with E-state index in [0.717, 1.165) is 24.3 Å². The van der Waals surface area contributed by atoms with Crippen molar-refractivity contribution in [2.75, 3.05) is 33.2 Å². The Morgan fingerprint density at radius 2 is 1.71 bits per heavy atom. The van der Waals surface area contributed by atoms with Gasteiger partial charge in [0.15, 0.2) is 0 Å². The van der Waals surface area contributed by atoms with E-state index in [0.29, 0.717) is 5.41 Å². The summed E-state index contributed by atoms with van der Waals surface area (Å²) in [4.78, 5) is 2.59. The van der Waals surface area contributed by atoms with Crippen molar-refractivity contribution in [3.63, 3.8) is 0 Å². The van der Waals surface area contributed by atoms with Crippen LogP contribution in [0.2, 0.25) is 0 Å². The SMILES string of the molecule is CC(C)CCN(C)CC1(CNCC(C)C)CCC(C)CC1. The van der Waals surface area contributed by atoms with Gasteiger partial charge in [0.2, 0.25) is 0 Å². The first kappa shape index (κ1) is 19.0. The summed E-state index contributed by atoms with van der Waals surface area (Å²) in [7, 11) is 2.32. The summed E-state index contributed by atoms with van der Waals surface area (Å²) in [6.45, 7) is 16.6. The second-order valence-corrected chi connectivity index (χ2v) is 8.63. The van der Waals surface area contributed by atoms with Gasteiger partial charge in [-0.1, -0.05) is 47.5 Å². The van der Waals surface area contributed by atoms with E-state index in [1.165, 1.54) is 51.7 Å². The third-order valence-corrected chi connectivity index (χ3v) is 5.08. The Morgan fingerprint density at radius 1 is 1.10 bits per heavy atom. The Balaban J connectivity index is 2.51. The van der Waals surface area contributed by atoms with Gasteiger partial charge in [0.05, 0.1) is 0 Å². The topological polar surface area (TPSA) is 15.3 Å². The maximum Gasteiger partial charge on any atom is 0.00471 e. The Hall–Kier alpha value is -0.0800. The first-order chi connectivity index (χ1) is 9.83. The van der Waals surface area contributed by atoms with Gasteiger partial charge in [-0.3, -0.25) is 0 Å². The highest BCUT2D eigenvalue weighted by Gasteiger charge is 2.34. The van der Waals surface area contributed by atoms with Crippen LogP contribution in [0.15, 0.2) is 0 Å². The molecule has 1 N–H and O–H groups in total. The van der Waals surface area contributed by atoms with E-state index in [-0.39, 0.29) is 0 Å². The van der Waals surface area contributed by atoms with E-state index < -0.39 is 0 Å². The monoisotopic (exact) mass is 296 g/mol. The zero-order valence-electron chi connectivity index (χ0n) is 15.5. The molecule has 1 aliphatic carbocycles. The Kier molecular flexibility index (Phi) is 8.26. The largest absolute Gasteiger partial charge is 0.316 e. The number of hydrogen-bond donors (Lipinski definition) is 1. The molecule has 126 valence electrons. The number of hydrogen-bond acceptors (Lipinski definition) is 2. The number of nitrogens with one attached hydrogen (secondary N) is 1. The van der Waals surface area contributed by atoms with Crippen LogP contribution in [0.5, 0.6) is 0 Å². The smallest absolute Gasteiger partial charge is 0.00471 e. The van der Waals surface area contributed by atoms with Gasteiger partial charge in [0.1, 0.15) is 0 Å². The summed E-state index contributed by atoms with van der Waals surface area (Å²) in [5.74, 6) is 2.50. The minimum Gasteiger partial charge on any atom is -0.316 e. The molecular formula is C19H40N2. The van der Waals surface area contributed by atoms with E-state index in [2.05, 4.69) is 51.9 Å². The highest BCUT2D eigenvalue weighted by atomic mass is 15.1. The second-order valence-electron chi connectivity index (χ2n) is 8.63. The number of nitrogens with zero attached hydrogens (tertiary/aromatic N) is 1. The van der Waals surface area contributed by atoms with Gasteiger partial charge in [0.25, 0.3) is 0 Å². The van der Waals surface area contributed by atoms with Gasteiger partial charge in [-0.05, 0) is 62.6 Å². The van der Waals surface area contributed by atoms with Gasteiger partial charge in [-0.15, -0.1) is 0 Å². The lowest BCUT2D eigenvalue weighted by molar-refractivity contribution is 0.0960. The summed E-state index contributed by atoms with van der Waals surface area (Å²) in [5.41, 5.74) is 0.521. The van der Waals surface area contributed by atoms with Crippen molar-refractivity contribution in [2.24, 2.45) is 23.2 Å².